The first kappa shape index (κ1) is 20.8. The molecule has 2 bridgehead atoms. The van der Waals surface area contributed by atoms with E-state index in [1.807, 2.05) is 12.1 Å². The molecule has 1 aromatic carbocycles. The molecule has 0 spiro atoms. The summed E-state index contributed by atoms with van der Waals surface area (Å²) in [5, 5.41) is 7.42. The molecule has 1 aliphatic carbocycles. The van der Waals surface area contributed by atoms with Crippen molar-refractivity contribution < 1.29 is 4.39 Å². The first-order valence-electron chi connectivity index (χ1n) is 12.5. The zero-order valence-electron chi connectivity index (χ0n) is 19.4. The molecule has 7 nitrogen and oxygen atoms in total. The van der Waals surface area contributed by atoms with Crippen LogP contribution in [0.15, 0.2) is 48.7 Å². The van der Waals surface area contributed by atoms with Gasteiger partial charge >= 0.3 is 0 Å². The molecule has 178 valence electrons. The first-order chi connectivity index (χ1) is 17.1. The number of hydrogen-bond donors (Lipinski definition) is 3. The lowest BCUT2D eigenvalue weighted by molar-refractivity contribution is 0.363. The minimum atomic E-state index is -0.265. The molecule has 2 saturated heterocycles. The highest BCUT2D eigenvalue weighted by molar-refractivity contribution is 5.81. The summed E-state index contributed by atoms with van der Waals surface area (Å²) in [5.41, 5.74) is 9.36. The number of piperidine rings is 1. The third-order valence-corrected chi connectivity index (χ3v) is 7.74. The maximum atomic E-state index is 15.4. The molecular formula is C27H28FN7. The van der Waals surface area contributed by atoms with Crippen molar-refractivity contribution in [3.8, 4) is 5.82 Å². The van der Waals surface area contributed by atoms with Crippen LogP contribution in [0.4, 0.5) is 21.8 Å². The fourth-order valence-electron chi connectivity index (χ4n) is 5.92. The lowest BCUT2D eigenvalue weighted by Gasteiger charge is -2.29. The molecule has 0 amide bonds. The van der Waals surface area contributed by atoms with Gasteiger partial charge in [0.15, 0.2) is 11.5 Å². The van der Waals surface area contributed by atoms with E-state index < -0.39 is 0 Å². The average Bonchev–Trinajstić information content (AvgIpc) is 3.59. The lowest BCUT2D eigenvalue weighted by Crippen LogP contribution is -2.37. The molecule has 35 heavy (non-hydrogen) atoms. The van der Waals surface area contributed by atoms with Gasteiger partial charge in [-0.2, -0.15) is 4.98 Å². The van der Waals surface area contributed by atoms with E-state index in [4.69, 9.17) is 10.7 Å². The summed E-state index contributed by atoms with van der Waals surface area (Å²) < 4.78 is 17.2. The SMILES string of the molecule is Nc1cccc(-n2c(C3CC3)c(F)c3cnc(Nc4ccc(C5CC6CCC(C5)N6)cc4)nc32)n1. The fourth-order valence-corrected chi connectivity index (χ4v) is 5.92. The summed E-state index contributed by atoms with van der Waals surface area (Å²) in [7, 11) is 0. The Hall–Kier alpha value is -3.52. The van der Waals surface area contributed by atoms with Crippen LogP contribution in [0.5, 0.6) is 0 Å². The Kier molecular flexibility index (Phi) is 4.77. The van der Waals surface area contributed by atoms with Crippen molar-refractivity contribution in [2.45, 2.75) is 62.4 Å². The van der Waals surface area contributed by atoms with Crippen LogP contribution in [0, 0.1) is 5.82 Å². The second-order valence-electron chi connectivity index (χ2n) is 10.2. The van der Waals surface area contributed by atoms with Gasteiger partial charge in [-0.1, -0.05) is 18.2 Å². The van der Waals surface area contributed by atoms with E-state index >= 15 is 4.39 Å². The van der Waals surface area contributed by atoms with E-state index in [1.165, 1.54) is 31.2 Å². The van der Waals surface area contributed by atoms with Gasteiger partial charge in [-0.15, -0.1) is 0 Å². The summed E-state index contributed by atoms with van der Waals surface area (Å²) in [6.07, 6.45) is 8.51. The van der Waals surface area contributed by atoms with Gasteiger partial charge in [-0.05, 0) is 74.3 Å². The summed E-state index contributed by atoms with van der Waals surface area (Å²) in [5.74, 6) is 1.91. The maximum Gasteiger partial charge on any atom is 0.229 e. The molecule has 8 heteroatoms. The number of fused-ring (bicyclic) bond motifs is 3. The van der Waals surface area contributed by atoms with Crippen LogP contribution < -0.4 is 16.4 Å². The topological polar surface area (TPSA) is 93.7 Å². The van der Waals surface area contributed by atoms with Gasteiger partial charge in [0.05, 0.1) is 11.1 Å². The monoisotopic (exact) mass is 469 g/mol. The first-order valence-corrected chi connectivity index (χ1v) is 12.5. The highest BCUT2D eigenvalue weighted by Gasteiger charge is 2.35. The van der Waals surface area contributed by atoms with Crippen LogP contribution in [0.2, 0.25) is 0 Å². The normalized spacial score (nSPS) is 23.6. The quantitative estimate of drug-likeness (QED) is 0.374. The molecule has 5 heterocycles. The number of nitrogen functional groups attached to an aromatic ring is 1. The number of hydrogen-bond acceptors (Lipinski definition) is 6. The standard InChI is InChI=1S/C27H28FN7/c28-24-21-14-30-27(32-18-8-6-15(7-9-18)17-12-19-10-11-20(13-17)31-19)34-26(21)35(25(24)16-4-5-16)23-3-1-2-22(29)33-23/h1-3,6-9,14,16-17,19-20,31H,4-5,10-13H2,(H2,29,33)(H,30,32,34). The minimum Gasteiger partial charge on any atom is -0.384 e. The van der Waals surface area contributed by atoms with E-state index in [1.54, 1.807) is 16.8 Å². The van der Waals surface area contributed by atoms with Gasteiger partial charge in [-0.3, -0.25) is 4.57 Å². The van der Waals surface area contributed by atoms with Gasteiger partial charge < -0.3 is 16.4 Å². The summed E-state index contributed by atoms with van der Waals surface area (Å²) in [6, 6.07) is 15.3. The number of nitrogens with one attached hydrogen (secondary N) is 2. The number of pyridine rings is 1. The molecule has 4 N–H and O–H groups in total. The second kappa shape index (κ2) is 8.02. The summed E-state index contributed by atoms with van der Waals surface area (Å²) in [6.45, 7) is 0. The molecule has 3 aliphatic rings. The Bertz CT molecular complexity index is 1400. The van der Waals surface area contributed by atoms with Crippen LogP contribution in [-0.2, 0) is 0 Å². The molecule has 7 rings (SSSR count). The van der Waals surface area contributed by atoms with Crippen LogP contribution in [-0.4, -0.2) is 31.6 Å². The predicted octanol–water partition coefficient (Wildman–Crippen LogP) is 5.16. The number of nitrogens with zero attached hydrogens (tertiary/aromatic N) is 4. The van der Waals surface area contributed by atoms with Crippen molar-refractivity contribution in [1.29, 1.82) is 0 Å². The largest absolute Gasteiger partial charge is 0.384 e. The third-order valence-electron chi connectivity index (χ3n) is 7.74. The number of benzene rings is 1. The Morgan fingerprint density at radius 2 is 1.71 bits per heavy atom. The molecule has 3 aromatic heterocycles. The predicted molar refractivity (Wildman–Crippen MR) is 135 cm³/mol. The van der Waals surface area contributed by atoms with Gasteiger partial charge in [0, 0.05) is 29.9 Å². The van der Waals surface area contributed by atoms with Crippen molar-refractivity contribution in [2.75, 3.05) is 11.1 Å². The number of halogens is 1. The van der Waals surface area contributed by atoms with Gasteiger partial charge in [0.1, 0.15) is 11.6 Å². The van der Waals surface area contributed by atoms with Crippen molar-refractivity contribution >= 4 is 28.5 Å². The maximum absolute atomic E-state index is 15.4. The lowest BCUT2D eigenvalue weighted by atomic mass is 9.86. The Balaban J connectivity index is 1.21. The van der Waals surface area contributed by atoms with Crippen LogP contribution in [0.3, 0.4) is 0 Å². The van der Waals surface area contributed by atoms with Crippen molar-refractivity contribution in [3.63, 3.8) is 0 Å². The number of aromatic nitrogens is 4. The van der Waals surface area contributed by atoms with Crippen LogP contribution >= 0.6 is 0 Å². The third kappa shape index (κ3) is 3.72. The van der Waals surface area contributed by atoms with Crippen molar-refractivity contribution in [1.82, 2.24) is 24.8 Å². The molecule has 2 atom stereocenters. The molecule has 4 aromatic rings. The average molecular weight is 470 g/mol. The number of anilines is 3. The van der Waals surface area contributed by atoms with E-state index in [2.05, 4.69) is 44.9 Å². The number of rotatable bonds is 5. The zero-order chi connectivity index (χ0) is 23.5. The van der Waals surface area contributed by atoms with E-state index in [9.17, 15) is 0 Å². The molecule has 3 fully saturated rings. The van der Waals surface area contributed by atoms with E-state index in [0.717, 1.165) is 18.5 Å². The molecule has 2 unspecified atom stereocenters. The van der Waals surface area contributed by atoms with Gasteiger partial charge in [0.25, 0.3) is 0 Å². The number of nitrogens with two attached hydrogens (primary N) is 1. The van der Waals surface area contributed by atoms with Crippen molar-refractivity contribution in [2.24, 2.45) is 0 Å². The Labute approximate surface area is 203 Å². The highest BCUT2D eigenvalue weighted by atomic mass is 19.1. The molecule has 0 radical (unpaired) electrons. The van der Waals surface area contributed by atoms with Gasteiger partial charge in [-0.25, -0.2) is 14.4 Å². The molecule has 1 saturated carbocycles. The Morgan fingerprint density at radius 1 is 0.943 bits per heavy atom. The van der Waals surface area contributed by atoms with Crippen LogP contribution in [0.1, 0.15) is 61.6 Å². The zero-order valence-corrected chi connectivity index (χ0v) is 19.4. The second-order valence-corrected chi connectivity index (χ2v) is 10.2. The Morgan fingerprint density at radius 3 is 2.43 bits per heavy atom. The summed E-state index contributed by atoms with van der Waals surface area (Å²) >= 11 is 0. The fraction of sp³-hybridized carbons (Fsp3) is 0.370. The van der Waals surface area contributed by atoms with Crippen molar-refractivity contribution in [3.05, 3.63) is 65.7 Å². The van der Waals surface area contributed by atoms with E-state index in [0.29, 0.717) is 52.3 Å². The highest BCUT2D eigenvalue weighted by Crippen LogP contribution is 2.45. The molecule has 2 aliphatic heterocycles. The summed E-state index contributed by atoms with van der Waals surface area (Å²) in [4.78, 5) is 13.6. The van der Waals surface area contributed by atoms with E-state index in [-0.39, 0.29) is 11.7 Å². The minimum absolute atomic E-state index is 0.168. The van der Waals surface area contributed by atoms with Crippen LogP contribution in [0.25, 0.3) is 16.9 Å². The van der Waals surface area contributed by atoms with Gasteiger partial charge in [0.2, 0.25) is 5.95 Å². The molecular weight excluding hydrogens is 441 g/mol. The smallest absolute Gasteiger partial charge is 0.229 e.